The lowest BCUT2D eigenvalue weighted by Gasteiger charge is -2.22. The maximum atomic E-state index is 12.4. The van der Waals surface area contributed by atoms with E-state index >= 15 is 0 Å². The van der Waals surface area contributed by atoms with E-state index in [1.807, 2.05) is 36.6 Å². The molecule has 5 rings (SSSR count). The number of nitrogens with zero attached hydrogens (tertiary/aromatic N) is 3. The monoisotopic (exact) mass is 444 g/mol. The largest absolute Gasteiger partial charge is 0.310 e. The first-order valence-corrected chi connectivity index (χ1v) is 10.6. The van der Waals surface area contributed by atoms with Crippen LogP contribution in [0.1, 0.15) is 28.5 Å². The molecule has 1 aliphatic heterocycles. The smallest absolute Gasteiger partial charge is 0.226 e. The van der Waals surface area contributed by atoms with Crippen LogP contribution in [0.3, 0.4) is 0 Å². The molecule has 1 N–H and O–H groups in total. The van der Waals surface area contributed by atoms with Crippen molar-refractivity contribution in [1.29, 1.82) is 0 Å². The number of anilines is 1. The predicted octanol–water partition coefficient (Wildman–Crippen LogP) is 5.09. The van der Waals surface area contributed by atoms with Crippen molar-refractivity contribution in [2.24, 2.45) is 0 Å². The normalized spacial score (nSPS) is 16.7. The second kappa shape index (κ2) is 6.00. The highest BCUT2D eigenvalue weighted by atomic mass is 79.9. The molecule has 1 aromatic carbocycles. The van der Waals surface area contributed by atoms with Gasteiger partial charge in [-0.25, -0.2) is 4.98 Å². The summed E-state index contributed by atoms with van der Waals surface area (Å²) in [5.74, 6) is 0.812. The summed E-state index contributed by atoms with van der Waals surface area (Å²) in [6, 6.07) is 10.1. The van der Waals surface area contributed by atoms with Gasteiger partial charge in [-0.1, -0.05) is 33.3 Å². The van der Waals surface area contributed by atoms with Gasteiger partial charge in [-0.2, -0.15) is 9.78 Å². The highest BCUT2D eigenvalue weighted by Gasteiger charge is 2.33. The van der Waals surface area contributed by atoms with Gasteiger partial charge in [0.1, 0.15) is 5.82 Å². The maximum Gasteiger partial charge on any atom is 0.226 e. The first kappa shape index (κ1) is 16.2. The third kappa shape index (κ3) is 2.52. The van der Waals surface area contributed by atoms with Gasteiger partial charge >= 0.3 is 0 Å². The van der Waals surface area contributed by atoms with Crippen LogP contribution in [0.25, 0.3) is 15.3 Å². The average molecular weight is 445 g/mol. The van der Waals surface area contributed by atoms with Crippen molar-refractivity contribution in [1.82, 2.24) is 14.8 Å². The van der Waals surface area contributed by atoms with E-state index in [0.29, 0.717) is 6.42 Å². The second-order valence-corrected chi connectivity index (χ2v) is 9.09. The second-order valence-electron chi connectivity index (χ2n) is 6.19. The van der Waals surface area contributed by atoms with Crippen LogP contribution in [0.15, 0.2) is 40.2 Å². The maximum absolute atomic E-state index is 12.4. The molecule has 1 unspecified atom stereocenters. The van der Waals surface area contributed by atoms with Crippen molar-refractivity contribution in [3.05, 3.63) is 56.3 Å². The standard InChI is InChI=1S/C18H13BrN4OS2/c1-9-16-11(13-3-2-6-25-13)8-15(24)21-17(16)23(22-9)18-20-12-5-4-10(19)7-14(12)26-18/h2-7,11H,8H2,1H3,(H,21,24). The SMILES string of the molecule is Cc1nn(-c2nc3ccc(Br)cc3s2)c2c1C(c1cccs1)CC(=O)N2. The number of hydrogen-bond donors (Lipinski definition) is 1. The molecule has 0 aliphatic carbocycles. The van der Waals surface area contributed by atoms with E-state index in [-0.39, 0.29) is 11.8 Å². The Hall–Kier alpha value is -2.03. The zero-order valence-electron chi connectivity index (χ0n) is 13.7. The Morgan fingerprint density at radius 2 is 2.23 bits per heavy atom. The Morgan fingerprint density at radius 3 is 3.04 bits per heavy atom. The van der Waals surface area contributed by atoms with E-state index in [4.69, 9.17) is 10.1 Å². The van der Waals surface area contributed by atoms with Crippen molar-refractivity contribution in [3.8, 4) is 5.13 Å². The number of halogens is 1. The van der Waals surface area contributed by atoms with E-state index in [9.17, 15) is 4.79 Å². The molecule has 0 saturated heterocycles. The minimum atomic E-state index is 0.0147. The van der Waals surface area contributed by atoms with Crippen LogP contribution in [0.4, 0.5) is 5.82 Å². The summed E-state index contributed by atoms with van der Waals surface area (Å²) in [7, 11) is 0. The van der Waals surface area contributed by atoms with Gasteiger partial charge in [0.2, 0.25) is 11.0 Å². The number of fused-ring (bicyclic) bond motifs is 2. The van der Waals surface area contributed by atoms with Gasteiger partial charge in [0.25, 0.3) is 0 Å². The van der Waals surface area contributed by atoms with E-state index in [2.05, 4.69) is 27.3 Å². The van der Waals surface area contributed by atoms with Crippen LogP contribution in [-0.4, -0.2) is 20.7 Å². The van der Waals surface area contributed by atoms with Crippen LogP contribution >= 0.6 is 38.6 Å². The van der Waals surface area contributed by atoms with Crippen LogP contribution in [0.2, 0.25) is 0 Å². The van der Waals surface area contributed by atoms with Gasteiger partial charge in [0, 0.05) is 27.3 Å². The minimum absolute atomic E-state index is 0.0147. The molecule has 1 aliphatic rings. The molecule has 4 aromatic rings. The Morgan fingerprint density at radius 1 is 1.35 bits per heavy atom. The Bertz CT molecular complexity index is 1150. The Balaban J connectivity index is 1.69. The molecular weight excluding hydrogens is 432 g/mol. The summed E-state index contributed by atoms with van der Waals surface area (Å²) in [6.45, 7) is 2.00. The number of nitrogens with one attached hydrogen (secondary N) is 1. The third-order valence-electron chi connectivity index (χ3n) is 4.51. The molecule has 1 atom stereocenters. The van der Waals surface area contributed by atoms with Gasteiger partial charge in [-0.05, 0) is 36.6 Å². The summed E-state index contributed by atoms with van der Waals surface area (Å²) in [4.78, 5) is 18.3. The fourth-order valence-corrected chi connectivity index (χ4v) is 5.71. The van der Waals surface area contributed by atoms with Crippen LogP contribution in [0.5, 0.6) is 0 Å². The molecule has 5 nitrogen and oxygen atoms in total. The first-order valence-electron chi connectivity index (χ1n) is 8.09. The molecule has 1 amide bonds. The number of amides is 1. The fourth-order valence-electron chi connectivity index (χ4n) is 3.40. The number of carbonyl (C=O) groups excluding carboxylic acids is 1. The quantitative estimate of drug-likeness (QED) is 0.468. The zero-order chi connectivity index (χ0) is 17.8. The van der Waals surface area contributed by atoms with Crippen molar-refractivity contribution < 1.29 is 4.79 Å². The lowest BCUT2D eigenvalue weighted by molar-refractivity contribution is -0.116. The van der Waals surface area contributed by atoms with Crippen LogP contribution in [-0.2, 0) is 4.79 Å². The van der Waals surface area contributed by atoms with Crippen LogP contribution in [0, 0.1) is 6.92 Å². The molecule has 4 heterocycles. The summed E-state index contributed by atoms with van der Waals surface area (Å²) >= 11 is 6.74. The molecule has 0 fully saturated rings. The number of aromatic nitrogens is 3. The minimum Gasteiger partial charge on any atom is -0.310 e. The number of carbonyl (C=O) groups is 1. The van der Waals surface area contributed by atoms with Crippen LogP contribution < -0.4 is 5.32 Å². The van der Waals surface area contributed by atoms with E-state index in [1.165, 1.54) is 4.88 Å². The third-order valence-corrected chi connectivity index (χ3v) is 6.98. The molecule has 0 radical (unpaired) electrons. The highest BCUT2D eigenvalue weighted by Crippen LogP contribution is 2.42. The predicted molar refractivity (Wildman–Crippen MR) is 109 cm³/mol. The molecule has 8 heteroatoms. The summed E-state index contributed by atoms with van der Waals surface area (Å²) < 4.78 is 3.87. The van der Waals surface area contributed by atoms with Gasteiger partial charge < -0.3 is 5.32 Å². The molecule has 3 aromatic heterocycles. The van der Waals surface area contributed by atoms with Gasteiger partial charge in [0.15, 0.2) is 0 Å². The van der Waals surface area contributed by atoms with E-state index < -0.39 is 0 Å². The van der Waals surface area contributed by atoms with Crippen molar-refractivity contribution >= 4 is 60.5 Å². The number of rotatable bonds is 2. The van der Waals surface area contributed by atoms with Crippen molar-refractivity contribution in [2.45, 2.75) is 19.3 Å². The van der Waals surface area contributed by atoms with Gasteiger partial charge in [-0.15, -0.1) is 11.3 Å². The first-order chi connectivity index (χ1) is 12.6. The molecule has 26 heavy (non-hydrogen) atoms. The average Bonchev–Trinajstić information content (AvgIpc) is 3.32. The molecule has 0 spiro atoms. The van der Waals surface area contributed by atoms with Gasteiger partial charge in [-0.3, -0.25) is 4.79 Å². The molecule has 0 bridgehead atoms. The van der Waals surface area contributed by atoms with E-state index in [0.717, 1.165) is 36.9 Å². The Kier molecular flexibility index (Phi) is 3.73. The fraction of sp³-hybridized carbons (Fsp3) is 0.167. The number of hydrogen-bond acceptors (Lipinski definition) is 5. The molecule has 0 saturated carbocycles. The topological polar surface area (TPSA) is 59.8 Å². The number of thiophene rings is 1. The number of thiazole rings is 1. The van der Waals surface area contributed by atoms with Gasteiger partial charge in [0.05, 0.1) is 15.9 Å². The number of benzene rings is 1. The Labute approximate surface area is 165 Å². The number of aryl methyl sites for hydroxylation is 1. The lowest BCUT2D eigenvalue weighted by atomic mass is 9.91. The lowest BCUT2D eigenvalue weighted by Crippen LogP contribution is -2.24. The van der Waals surface area contributed by atoms with Crippen molar-refractivity contribution in [3.63, 3.8) is 0 Å². The summed E-state index contributed by atoms with van der Waals surface area (Å²) in [5.41, 5.74) is 2.94. The highest BCUT2D eigenvalue weighted by molar-refractivity contribution is 9.10. The van der Waals surface area contributed by atoms with Crippen molar-refractivity contribution in [2.75, 3.05) is 5.32 Å². The molecular formula is C18H13BrN4OS2. The zero-order valence-corrected chi connectivity index (χ0v) is 16.9. The molecule has 130 valence electrons. The summed E-state index contributed by atoms with van der Waals surface area (Å²) in [6.07, 6.45) is 0.451. The van der Waals surface area contributed by atoms with E-state index in [1.54, 1.807) is 27.4 Å². The summed E-state index contributed by atoms with van der Waals surface area (Å²) in [5, 5.41) is 10.5.